The molecule has 1 heterocycles. The summed E-state index contributed by atoms with van der Waals surface area (Å²) in [6.45, 7) is 4.35. The van der Waals surface area contributed by atoms with Crippen LogP contribution in [0.4, 0.5) is 5.69 Å². The topological polar surface area (TPSA) is 32.3 Å². The van der Waals surface area contributed by atoms with Crippen molar-refractivity contribution in [2.45, 2.75) is 38.3 Å². The highest BCUT2D eigenvalue weighted by atomic mass is 16.1. The Morgan fingerprint density at radius 3 is 2.82 bits per heavy atom. The van der Waals surface area contributed by atoms with Gasteiger partial charge in [0.2, 0.25) is 0 Å². The Morgan fingerprint density at radius 2 is 1.89 bits per heavy atom. The monoisotopic (exact) mass is 370 g/mol. The second-order valence-corrected chi connectivity index (χ2v) is 8.15. The number of benzene rings is 3. The number of aryl methyl sites for hydroxylation is 1. The van der Waals surface area contributed by atoms with E-state index in [1.54, 1.807) is 0 Å². The molecule has 5 rings (SSSR count). The van der Waals surface area contributed by atoms with Gasteiger partial charge in [0.05, 0.1) is 0 Å². The number of hydrogen-bond acceptors (Lipinski definition) is 3. The van der Waals surface area contributed by atoms with Crippen molar-refractivity contribution in [1.82, 2.24) is 5.32 Å². The second-order valence-electron chi connectivity index (χ2n) is 8.15. The summed E-state index contributed by atoms with van der Waals surface area (Å²) in [6.07, 6.45) is 2.71. The lowest BCUT2D eigenvalue weighted by molar-refractivity contribution is 0.0994. The van der Waals surface area contributed by atoms with E-state index in [1.807, 2.05) is 6.07 Å². The predicted octanol–water partition coefficient (Wildman–Crippen LogP) is 4.90. The maximum Gasteiger partial charge on any atom is 0.163 e. The fourth-order valence-corrected chi connectivity index (χ4v) is 4.84. The van der Waals surface area contributed by atoms with Gasteiger partial charge in [0.1, 0.15) is 0 Å². The van der Waals surface area contributed by atoms with Crippen molar-refractivity contribution in [3.05, 3.63) is 77.4 Å². The largest absolute Gasteiger partial charge is 0.370 e. The van der Waals surface area contributed by atoms with E-state index in [2.05, 4.69) is 71.7 Å². The zero-order chi connectivity index (χ0) is 19.1. The molecule has 0 aromatic heterocycles. The van der Waals surface area contributed by atoms with Crippen LogP contribution in [0.25, 0.3) is 10.8 Å². The lowest BCUT2D eigenvalue weighted by Crippen LogP contribution is -2.34. The van der Waals surface area contributed by atoms with Crippen molar-refractivity contribution in [2.24, 2.45) is 0 Å². The molecule has 2 aliphatic rings. The molecule has 0 radical (unpaired) electrons. The summed E-state index contributed by atoms with van der Waals surface area (Å²) in [5, 5.41) is 6.49. The molecule has 0 unspecified atom stereocenters. The van der Waals surface area contributed by atoms with Crippen molar-refractivity contribution >= 4 is 22.2 Å². The van der Waals surface area contributed by atoms with Crippen LogP contribution < -0.4 is 10.2 Å². The molecule has 1 aliphatic carbocycles. The summed E-state index contributed by atoms with van der Waals surface area (Å²) in [5.74, 6) is 0.298. The van der Waals surface area contributed by atoms with Gasteiger partial charge >= 0.3 is 0 Å². The van der Waals surface area contributed by atoms with Crippen LogP contribution in [0.1, 0.15) is 47.3 Å². The minimum Gasteiger partial charge on any atom is -0.370 e. The SMILES string of the molecule is C[C@@H](N[C@H]1CCN(c2ccc3c(c2)CCC3=O)C1)c1cccc2ccccc12. The molecular formula is C25H26N2O. The van der Waals surface area contributed by atoms with Gasteiger partial charge in [-0.05, 0) is 59.9 Å². The number of carbonyl (C=O) groups is 1. The molecule has 3 nitrogen and oxygen atoms in total. The number of hydrogen-bond donors (Lipinski definition) is 1. The van der Waals surface area contributed by atoms with Crippen molar-refractivity contribution in [1.29, 1.82) is 0 Å². The standard InChI is InChI=1S/C25H26N2O/c1-17(22-8-4-6-18-5-2-3-7-23(18)22)26-20-13-14-27(16-20)21-10-11-24-19(15-21)9-12-25(24)28/h2-8,10-11,15,17,20,26H,9,12-14,16H2,1H3/t17-,20+/m1/s1. The number of Topliss-reactive ketones (excluding diaryl/α,β-unsaturated/α-hetero) is 1. The number of rotatable bonds is 4. The van der Waals surface area contributed by atoms with E-state index in [4.69, 9.17) is 0 Å². The first-order valence-corrected chi connectivity index (χ1v) is 10.3. The second kappa shape index (κ2) is 7.06. The van der Waals surface area contributed by atoms with Gasteiger partial charge in [0, 0.05) is 42.8 Å². The van der Waals surface area contributed by atoms with Crippen LogP contribution in [-0.4, -0.2) is 24.9 Å². The van der Waals surface area contributed by atoms with Crippen LogP contribution in [0.5, 0.6) is 0 Å². The lowest BCUT2D eigenvalue weighted by Gasteiger charge is -2.23. The minimum atomic E-state index is 0.298. The number of ketones is 1. The molecule has 3 aromatic carbocycles. The van der Waals surface area contributed by atoms with Gasteiger partial charge in [-0.25, -0.2) is 0 Å². The molecule has 3 heteroatoms. The molecule has 0 bridgehead atoms. The van der Waals surface area contributed by atoms with Crippen LogP contribution in [0.15, 0.2) is 60.7 Å². The van der Waals surface area contributed by atoms with E-state index in [-0.39, 0.29) is 0 Å². The van der Waals surface area contributed by atoms with Gasteiger partial charge in [-0.1, -0.05) is 42.5 Å². The average Bonchev–Trinajstić information content (AvgIpc) is 3.34. The van der Waals surface area contributed by atoms with E-state index in [0.717, 1.165) is 31.5 Å². The van der Waals surface area contributed by atoms with Gasteiger partial charge < -0.3 is 10.2 Å². The molecule has 0 spiro atoms. The van der Waals surface area contributed by atoms with E-state index in [1.165, 1.54) is 27.6 Å². The van der Waals surface area contributed by atoms with Crippen LogP contribution in [0.3, 0.4) is 0 Å². The Balaban J connectivity index is 1.29. The number of nitrogens with zero attached hydrogens (tertiary/aromatic N) is 1. The van der Waals surface area contributed by atoms with Crippen LogP contribution in [0, 0.1) is 0 Å². The van der Waals surface area contributed by atoms with Crippen molar-refractivity contribution in [2.75, 3.05) is 18.0 Å². The first kappa shape index (κ1) is 17.4. The van der Waals surface area contributed by atoms with Crippen molar-refractivity contribution in [3.8, 4) is 0 Å². The van der Waals surface area contributed by atoms with Crippen LogP contribution >= 0.6 is 0 Å². The maximum absolute atomic E-state index is 11.9. The van der Waals surface area contributed by atoms with Gasteiger partial charge in [-0.15, -0.1) is 0 Å². The smallest absolute Gasteiger partial charge is 0.163 e. The van der Waals surface area contributed by atoms with Crippen molar-refractivity contribution in [3.63, 3.8) is 0 Å². The van der Waals surface area contributed by atoms with Crippen LogP contribution in [0.2, 0.25) is 0 Å². The first-order valence-electron chi connectivity index (χ1n) is 10.3. The molecule has 142 valence electrons. The van der Waals surface area contributed by atoms with Crippen molar-refractivity contribution < 1.29 is 4.79 Å². The summed E-state index contributed by atoms with van der Waals surface area (Å²) in [7, 11) is 0. The van der Waals surface area contributed by atoms with E-state index in [9.17, 15) is 4.79 Å². The van der Waals surface area contributed by atoms with Crippen LogP contribution in [-0.2, 0) is 6.42 Å². The predicted molar refractivity (Wildman–Crippen MR) is 115 cm³/mol. The Kier molecular flexibility index (Phi) is 4.40. The van der Waals surface area contributed by atoms with Gasteiger partial charge in [-0.3, -0.25) is 4.79 Å². The Morgan fingerprint density at radius 1 is 1.04 bits per heavy atom. The average molecular weight is 370 g/mol. The molecule has 28 heavy (non-hydrogen) atoms. The summed E-state index contributed by atoms with van der Waals surface area (Å²) >= 11 is 0. The normalized spacial score (nSPS) is 20.0. The Labute approximate surface area is 166 Å². The quantitative estimate of drug-likeness (QED) is 0.709. The van der Waals surface area contributed by atoms with Gasteiger partial charge in [0.25, 0.3) is 0 Å². The molecule has 2 atom stereocenters. The Hall–Kier alpha value is -2.65. The fourth-order valence-electron chi connectivity index (χ4n) is 4.84. The summed E-state index contributed by atoms with van der Waals surface area (Å²) in [6, 6.07) is 22.4. The number of carbonyl (C=O) groups excluding carboxylic acids is 1. The third-order valence-corrected chi connectivity index (χ3v) is 6.34. The molecule has 0 saturated carbocycles. The minimum absolute atomic E-state index is 0.298. The molecule has 1 saturated heterocycles. The highest BCUT2D eigenvalue weighted by Gasteiger charge is 2.26. The molecule has 1 aliphatic heterocycles. The number of fused-ring (bicyclic) bond motifs is 2. The third kappa shape index (κ3) is 3.10. The van der Waals surface area contributed by atoms with E-state index >= 15 is 0 Å². The number of nitrogens with one attached hydrogen (secondary N) is 1. The zero-order valence-electron chi connectivity index (χ0n) is 16.3. The molecule has 1 fully saturated rings. The third-order valence-electron chi connectivity index (χ3n) is 6.34. The highest BCUT2D eigenvalue weighted by Crippen LogP contribution is 2.30. The van der Waals surface area contributed by atoms with Gasteiger partial charge in [0.15, 0.2) is 5.78 Å². The highest BCUT2D eigenvalue weighted by molar-refractivity contribution is 6.00. The van der Waals surface area contributed by atoms with E-state index < -0.39 is 0 Å². The zero-order valence-corrected chi connectivity index (χ0v) is 16.3. The molecule has 1 N–H and O–H groups in total. The molecule has 0 amide bonds. The summed E-state index contributed by atoms with van der Waals surface area (Å²) < 4.78 is 0. The summed E-state index contributed by atoms with van der Waals surface area (Å²) in [5.41, 5.74) is 4.79. The molecule has 3 aromatic rings. The van der Waals surface area contributed by atoms with Gasteiger partial charge in [-0.2, -0.15) is 0 Å². The maximum atomic E-state index is 11.9. The lowest BCUT2D eigenvalue weighted by atomic mass is 9.99. The summed E-state index contributed by atoms with van der Waals surface area (Å²) in [4.78, 5) is 14.3. The molecular weight excluding hydrogens is 344 g/mol. The van der Waals surface area contributed by atoms with E-state index in [0.29, 0.717) is 24.3 Å². The number of anilines is 1. The fraction of sp³-hybridized carbons (Fsp3) is 0.320. The Bertz CT molecular complexity index is 1040. The first-order chi connectivity index (χ1) is 13.7.